The van der Waals surface area contributed by atoms with Gasteiger partial charge in [-0.05, 0) is 13.0 Å². The van der Waals surface area contributed by atoms with Gasteiger partial charge in [-0.2, -0.15) is 4.73 Å². The minimum atomic E-state index is -0.363. The van der Waals surface area contributed by atoms with E-state index in [0.717, 1.165) is 16.5 Å². The second-order valence-electron chi connectivity index (χ2n) is 5.07. The number of allylic oxidation sites excluding steroid dienone is 1. The predicted molar refractivity (Wildman–Crippen MR) is 78.8 cm³/mol. The number of hydrogen-bond acceptors (Lipinski definition) is 4. The Labute approximate surface area is 122 Å². The molecule has 1 aromatic carbocycles. The zero-order valence-electron chi connectivity index (χ0n) is 11.7. The topological polar surface area (TPSA) is 71.7 Å². The van der Waals surface area contributed by atoms with Gasteiger partial charge in [0.15, 0.2) is 11.5 Å². The van der Waals surface area contributed by atoms with Gasteiger partial charge in [0.2, 0.25) is 0 Å². The number of ketones is 1. The summed E-state index contributed by atoms with van der Waals surface area (Å²) in [6, 6.07) is 7.62. The van der Waals surface area contributed by atoms with Gasteiger partial charge in [-0.25, -0.2) is 0 Å². The molecule has 1 aliphatic rings. The summed E-state index contributed by atoms with van der Waals surface area (Å²) in [5.41, 5.74) is 2.12. The molecule has 3 rings (SSSR count). The van der Waals surface area contributed by atoms with Gasteiger partial charge < -0.3 is 15.1 Å². The Morgan fingerprint density at radius 1 is 1.38 bits per heavy atom. The number of aromatic nitrogens is 1. The van der Waals surface area contributed by atoms with Crippen LogP contribution in [0.3, 0.4) is 0 Å². The fourth-order valence-corrected chi connectivity index (χ4v) is 2.88. The zero-order valence-corrected chi connectivity index (χ0v) is 11.7. The van der Waals surface area contributed by atoms with Crippen LogP contribution in [0.1, 0.15) is 18.9 Å². The molecule has 2 N–H and O–H groups in total. The van der Waals surface area contributed by atoms with Crippen LogP contribution in [-0.4, -0.2) is 33.9 Å². The third-order valence-corrected chi connectivity index (χ3v) is 3.82. The summed E-state index contributed by atoms with van der Waals surface area (Å²) < 4.78 is 1.64. The zero-order chi connectivity index (χ0) is 15.0. The Morgan fingerprint density at radius 2 is 2.14 bits per heavy atom. The maximum atomic E-state index is 11.7. The minimum Gasteiger partial charge on any atom is -0.504 e. The van der Waals surface area contributed by atoms with Crippen LogP contribution in [0.5, 0.6) is 0 Å². The number of carbonyl (C=O) groups excluding carboxylic acids is 1. The Balaban J connectivity index is 2.23. The summed E-state index contributed by atoms with van der Waals surface area (Å²) in [7, 11) is 0. The van der Waals surface area contributed by atoms with Crippen molar-refractivity contribution in [3.8, 4) is 0 Å². The molecule has 0 bridgehead atoms. The van der Waals surface area contributed by atoms with Crippen molar-refractivity contribution in [1.82, 2.24) is 4.73 Å². The highest BCUT2D eigenvalue weighted by Crippen LogP contribution is 2.39. The normalized spacial score (nSPS) is 18.8. The highest BCUT2D eigenvalue weighted by Gasteiger charge is 2.34. The lowest BCUT2D eigenvalue weighted by molar-refractivity contribution is -0.117. The van der Waals surface area contributed by atoms with E-state index in [2.05, 4.69) is 0 Å². The van der Waals surface area contributed by atoms with Gasteiger partial charge >= 0.3 is 0 Å². The quantitative estimate of drug-likeness (QED) is 0.901. The molecular weight excluding hydrogens is 270 g/mol. The lowest BCUT2D eigenvalue weighted by atomic mass is 9.95. The van der Waals surface area contributed by atoms with E-state index in [4.69, 9.17) is 4.84 Å². The first kappa shape index (κ1) is 13.7. The lowest BCUT2D eigenvalue weighted by Gasteiger charge is -2.09. The van der Waals surface area contributed by atoms with Gasteiger partial charge in [0, 0.05) is 28.9 Å². The Bertz CT molecular complexity index is 729. The lowest BCUT2D eigenvalue weighted by Crippen LogP contribution is -2.09. The number of carbonyl (C=O) groups is 1. The molecule has 0 radical (unpaired) electrons. The van der Waals surface area contributed by atoms with E-state index in [1.54, 1.807) is 10.9 Å². The second-order valence-corrected chi connectivity index (χ2v) is 5.07. The van der Waals surface area contributed by atoms with E-state index >= 15 is 0 Å². The van der Waals surface area contributed by atoms with Crippen molar-refractivity contribution in [3.05, 3.63) is 41.8 Å². The molecule has 0 spiro atoms. The molecule has 1 aromatic heterocycles. The summed E-state index contributed by atoms with van der Waals surface area (Å²) in [4.78, 5) is 17.3. The predicted octanol–water partition coefficient (Wildman–Crippen LogP) is 1.94. The molecule has 0 aliphatic heterocycles. The summed E-state index contributed by atoms with van der Waals surface area (Å²) in [6.07, 6.45) is 1.91. The van der Waals surface area contributed by atoms with Crippen molar-refractivity contribution < 1.29 is 19.8 Å². The number of Topliss-reactive ketones (excluding diaryl/α,β-unsaturated/α-hetero) is 1. The maximum Gasteiger partial charge on any atom is 0.198 e. The van der Waals surface area contributed by atoms with Gasteiger partial charge in [0.05, 0.1) is 18.3 Å². The Hall–Kier alpha value is -2.27. The summed E-state index contributed by atoms with van der Waals surface area (Å²) in [5, 5.41) is 20.4. The molecule has 5 heteroatoms. The smallest absolute Gasteiger partial charge is 0.198 e. The van der Waals surface area contributed by atoms with Crippen molar-refractivity contribution >= 4 is 22.3 Å². The van der Waals surface area contributed by atoms with Gasteiger partial charge in [-0.1, -0.05) is 18.2 Å². The molecule has 0 amide bonds. The highest BCUT2D eigenvalue weighted by molar-refractivity contribution is 6.09. The number of rotatable bonds is 4. The summed E-state index contributed by atoms with van der Waals surface area (Å²) >= 11 is 0. The Kier molecular flexibility index (Phi) is 3.43. The number of benzene rings is 1. The summed E-state index contributed by atoms with van der Waals surface area (Å²) in [5.74, 6) is -0.927. The number of para-hydroxylation sites is 1. The van der Waals surface area contributed by atoms with Gasteiger partial charge in [0.1, 0.15) is 6.61 Å². The first-order valence-corrected chi connectivity index (χ1v) is 6.98. The number of aliphatic hydroxyl groups excluding tert-OH is 2. The average Bonchev–Trinajstić information content (AvgIpc) is 2.99. The molecule has 1 unspecified atom stereocenters. The fraction of sp³-hybridized carbons (Fsp3) is 0.312. The van der Waals surface area contributed by atoms with Crippen LogP contribution in [0, 0.1) is 5.92 Å². The fourth-order valence-electron chi connectivity index (χ4n) is 2.88. The third kappa shape index (κ3) is 2.10. The minimum absolute atomic E-state index is 0.145. The number of hydrogen-bond donors (Lipinski definition) is 2. The van der Waals surface area contributed by atoms with E-state index in [0.29, 0.717) is 12.2 Å². The Morgan fingerprint density at radius 3 is 2.86 bits per heavy atom. The van der Waals surface area contributed by atoms with Crippen LogP contribution in [0.2, 0.25) is 0 Å². The number of nitrogens with zero attached hydrogens (tertiary/aromatic N) is 1. The SMILES string of the molecule is CCOn1cc(C2=C(O)C(=O)CC2CO)c2ccccc21. The largest absolute Gasteiger partial charge is 0.504 e. The average molecular weight is 287 g/mol. The molecule has 1 atom stereocenters. The van der Waals surface area contributed by atoms with Gasteiger partial charge in [-0.3, -0.25) is 4.79 Å². The van der Waals surface area contributed by atoms with Gasteiger partial charge in [-0.15, -0.1) is 0 Å². The first-order chi connectivity index (χ1) is 10.2. The number of aliphatic hydroxyl groups is 2. The van der Waals surface area contributed by atoms with Crippen molar-refractivity contribution in [2.24, 2.45) is 5.92 Å². The molecule has 0 fully saturated rings. The van der Waals surface area contributed by atoms with Crippen LogP contribution in [-0.2, 0) is 4.79 Å². The molecule has 21 heavy (non-hydrogen) atoms. The van der Waals surface area contributed by atoms with Crippen LogP contribution in [0.4, 0.5) is 0 Å². The van der Waals surface area contributed by atoms with Crippen molar-refractivity contribution in [1.29, 1.82) is 0 Å². The monoisotopic (exact) mass is 287 g/mol. The van der Waals surface area contributed by atoms with Crippen LogP contribution < -0.4 is 4.84 Å². The molecule has 5 nitrogen and oxygen atoms in total. The van der Waals surface area contributed by atoms with Crippen LogP contribution in [0.15, 0.2) is 36.2 Å². The molecular formula is C16H17NO4. The van der Waals surface area contributed by atoms with Gasteiger partial charge in [0.25, 0.3) is 0 Å². The van der Waals surface area contributed by atoms with E-state index in [-0.39, 0.29) is 30.5 Å². The third-order valence-electron chi connectivity index (χ3n) is 3.82. The van der Waals surface area contributed by atoms with E-state index in [9.17, 15) is 15.0 Å². The maximum absolute atomic E-state index is 11.7. The summed E-state index contributed by atoms with van der Waals surface area (Å²) in [6.45, 7) is 2.23. The standard InChI is InChI=1S/C16H17NO4/c1-2-21-17-8-12(11-5-3-4-6-13(11)17)15-10(9-18)7-14(19)16(15)20/h3-6,8,10,18,20H,2,7,9H2,1H3. The molecule has 1 aliphatic carbocycles. The van der Waals surface area contributed by atoms with Crippen molar-refractivity contribution in [2.45, 2.75) is 13.3 Å². The van der Waals surface area contributed by atoms with Crippen LogP contribution >= 0.6 is 0 Å². The van der Waals surface area contributed by atoms with Crippen molar-refractivity contribution in [3.63, 3.8) is 0 Å². The number of fused-ring (bicyclic) bond motifs is 1. The van der Waals surface area contributed by atoms with E-state index in [1.165, 1.54) is 0 Å². The molecule has 2 aromatic rings. The van der Waals surface area contributed by atoms with Crippen LogP contribution in [0.25, 0.3) is 16.5 Å². The van der Waals surface area contributed by atoms with E-state index < -0.39 is 0 Å². The first-order valence-electron chi connectivity index (χ1n) is 6.98. The van der Waals surface area contributed by atoms with Crippen molar-refractivity contribution in [2.75, 3.05) is 13.2 Å². The molecule has 110 valence electrons. The molecule has 1 heterocycles. The molecule has 0 saturated carbocycles. The molecule has 0 saturated heterocycles. The highest BCUT2D eigenvalue weighted by atomic mass is 16.7. The van der Waals surface area contributed by atoms with E-state index in [1.807, 2.05) is 31.2 Å². The second kappa shape index (κ2) is 5.26.